The van der Waals surface area contributed by atoms with Crippen molar-refractivity contribution in [1.29, 1.82) is 0 Å². The lowest BCUT2D eigenvalue weighted by molar-refractivity contribution is 0.531. The zero-order valence-electron chi connectivity index (χ0n) is 15.2. The van der Waals surface area contributed by atoms with E-state index in [1.54, 1.807) is 0 Å². The Kier molecular flexibility index (Phi) is 39.6. The first-order chi connectivity index (χ1) is 9.41. The van der Waals surface area contributed by atoms with E-state index in [-0.39, 0.29) is 14.1 Å². The van der Waals surface area contributed by atoms with Crippen molar-refractivity contribution in [3.8, 4) is 0 Å². The molecule has 0 spiro atoms. The molecule has 0 aromatic carbocycles. The van der Waals surface area contributed by atoms with Crippen molar-refractivity contribution in [1.82, 2.24) is 0 Å². The van der Waals surface area contributed by atoms with Crippen LogP contribution in [0.25, 0.3) is 0 Å². The smallest absolute Gasteiger partial charge is 0.00279 e. The summed E-state index contributed by atoms with van der Waals surface area (Å²) in [6, 6.07) is 1.51. The normalized spacial score (nSPS) is 9.68. The summed E-state index contributed by atoms with van der Waals surface area (Å²) >= 11 is 0. The molecular formula is C18H43F3Si. The Morgan fingerprint density at radius 3 is 0.864 bits per heavy atom. The summed E-state index contributed by atoms with van der Waals surface area (Å²) < 4.78 is 0. The minimum Gasteiger partial charge on any atom is -0.269 e. The average Bonchev–Trinajstić information content (AvgIpc) is 2.43. The zero-order valence-corrected chi connectivity index (χ0v) is 17.2. The van der Waals surface area contributed by atoms with Crippen molar-refractivity contribution in [3.05, 3.63) is 0 Å². The van der Waals surface area contributed by atoms with Gasteiger partial charge in [-0.25, -0.2) is 0 Å². The van der Waals surface area contributed by atoms with Gasteiger partial charge in [-0.3, -0.25) is 14.1 Å². The van der Waals surface area contributed by atoms with E-state index in [0.717, 1.165) is 0 Å². The van der Waals surface area contributed by atoms with Gasteiger partial charge in [0.2, 0.25) is 0 Å². The fraction of sp³-hybridized carbons (Fsp3) is 1.00. The van der Waals surface area contributed by atoms with Crippen LogP contribution >= 0.6 is 0 Å². The van der Waals surface area contributed by atoms with Gasteiger partial charge in [-0.2, -0.15) is 0 Å². The summed E-state index contributed by atoms with van der Waals surface area (Å²) in [5.41, 5.74) is 0. The van der Waals surface area contributed by atoms with Gasteiger partial charge in [0.25, 0.3) is 0 Å². The second kappa shape index (κ2) is 29.1. The molecule has 0 heterocycles. The largest absolute Gasteiger partial charge is 0.269 e. The van der Waals surface area contributed by atoms with Gasteiger partial charge in [-0.15, -0.1) is 0 Å². The third kappa shape index (κ3) is 28.2. The highest BCUT2D eigenvalue weighted by atomic mass is 28.1. The molecule has 0 nitrogen and oxygen atoms in total. The highest BCUT2D eigenvalue weighted by molar-refractivity contribution is 6.08. The lowest BCUT2D eigenvalue weighted by Gasteiger charge is -2.03. The van der Waals surface area contributed by atoms with Crippen LogP contribution in [0.1, 0.15) is 110 Å². The van der Waals surface area contributed by atoms with Crippen LogP contribution in [0, 0.1) is 0 Å². The van der Waals surface area contributed by atoms with Gasteiger partial charge >= 0.3 is 0 Å². The Labute approximate surface area is 140 Å². The Morgan fingerprint density at radius 2 is 0.636 bits per heavy atom. The number of halogens is 3. The first-order valence-corrected chi connectivity index (χ1v) is 10.8. The molecule has 0 unspecified atom stereocenters. The third-order valence-electron chi connectivity index (χ3n) is 4.21. The maximum Gasteiger partial charge on any atom is 0.00279 e. The third-order valence-corrected chi connectivity index (χ3v) is 4.91. The lowest BCUT2D eigenvalue weighted by atomic mass is 10.0. The standard InChI is InChI=1S/C18H40Si.3FH/c1-2-3-4-5-6-7-8-9-10-11-12-13-14-15-16-17-18-19;;;/h2-18H2,1,19H3;3*1H. The van der Waals surface area contributed by atoms with Crippen molar-refractivity contribution < 1.29 is 14.1 Å². The number of unbranched alkanes of at least 4 members (excludes halogenated alkanes) is 15. The monoisotopic (exact) mass is 344 g/mol. The predicted octanol–water partition coefficient (Wildman–Crippen LogP) is 6.49. The second-order valence-electron chi connectivity index (χ2n) is 6.30. The minimum absolute atomic E-state index is 0. The van der Waals surface area contributed by atoms with E-state index in [0.29, 0.717) is 0 Å². The topological polar surface area (TPSA) is 0 Å². The summed E-state index contributed by atoms with van der Waals surface area (Å²) in [5.74, 6) is 0. The van der Waals surface area contributed by atoms with E-state index in [2.05, 4.69) is 6.92 Å². The van der Waals surface area contributed by atoms with Gasteiger partial charge in [-0.05, 0) is 0 Å². The fourth-order valence-corrected chi connectivity index (χ4v) is 3.30. The average molecular weight is 345 g/mol. The van der Waals surface area contributed by atoms with Gasteiger partial charge in [-0.1, -0.05) is 116 Å². The van der Waals surface area contributed by atoms with E-state index in [1.807, 2.05) is 0 Å². The Bertz CT molecular complexity index is 141. The summed E-state index contributed by atoms with van der Waals surface area (Å²) in [6.07, 6.45) is 23.7. The molecule has 4 heteroatoms. The van der Waals surface area contributed by atoms with Crippen molar-refractivity contribution >= 4 is 10.2 Å². The molecule has 0 amide bonds. The van der Waals surface area contributed by atoms with Crippen molar-refractivity contribution in [2.45, 2.75) is 116 Å². The maximum absolute atomic E-state index is 2.30. The van der Waals surface area contributed by atoms with Gasteiger partial charge < -0.3 is 0 Å². The number of rotatable bonds is 16. The first-order valence-electron chi connectivity index (χ1n) is 9.41. The minimum atomic E-state index is 0. The highest BCUT2D eigenvalue weighted by Crippen LogP contribution is 2.13. The van der Waals surface area contributed by atoms with Gasteiger partial charge in [0.1, 0.15) is 0 Å². The van der Waals surface area contributed by atoms with Crippen LogP contribution in [0.15, 0.2) is 0 Å². The summed E-state index contributed by atoms with van der Waals surface area (Å²) in [6.45, 7) is 2.30. The van der Waals surface area contributed by atoms with Crippen LogP contribution in [0.5, 0.6) is 0 Å². The lowest BCUT2D eigenvalue weighted by Crippen LogP contribution is -1.83. The molecule has 0 aromatic rings. The van der Waals surface area contributed by atoms with Crippen LogP contribution in [0.2, 0.25) is 6.04 Å². The molecule has 0 aliphatic rings. The summed E-state index contributed by atoms with van der Waals surface area (Å²) in [4.78, 5) is 0. The van der Waals surface area contributed by atoms with Gasteiger partial charge in [0.05, 0.1) is 0 Å². The molecule has 0 rings (SSSR count). The van der Waals surface area contributed by atoms with Crippen LogP contribution in [-0.2, 0) is 0 Å². The van der Waals surface area contributed by atoms with Gasteiger partial charge in [0, 0.05) is 10.2 Å². The highest BCUT2D eigenvalue weighted by Gasteiger charge is 1.94. The van der Waals surface area contributed by atoms with Crippen LogP contribution < -0.4 is 0 Å². The zero-order chi connectivity index (χ0) is 14.0. The fourth-order valence-electron chi connectivity index (χ4n) is 2.80. The van der Waals surface area contributed by atoms with E-state index >= 15 is 0 Å². The molecule has 0 saturated carbocycles. The number of hydrogen-bond donors (Lipinski definition) is 0. The first kappa shape index (κ1) is 30.0. The maximum atomic E-state index is 2.30. The van der Waals surface area contributed by atoms with Crippen LogP contribution in [-0.4, -0.2) is 10.2 Å². The van der Waals surface area contributed by atoms with Crippen LogP contribution in [0.3, 0.4) is 0 Å². The second-order valence-corrected chi connectivity index (χ2v) is 7.30. The molecule has 0 fully saturated rings. The van der Waals surface area contributed by atoms with Crippen molar-refractivity contribution in [2.24, 2.45) is 0 Å². The quantitative estimate of drug-likeness (QED) is 0.222. The van der Waals surface area contributed by atoms with E-state index in [4.69, 9.17) is 0 Å². The molecule has 0 atom stereocenters. The molecule has 140 valence electrons. The van der Waals surface area contributed by atoms with Crippen molar-refractivity contribution in [3.63, 3.8) is 0 Å². The molecule has 0 radical (unpaired) electrons. The van der Waals surface area contributed by atoms with E-state index in [1.165, 1.54) is 119 Å². The van der Waals surface area contributed by atoms with Crippen LogP contribution in [0.4, 0.5) is 14.1 Å². The molecule has 0 aromatic heterocycles. The van der Waals surface area contributed by atoms with Gasteiger partial charge in [0.15, 0.2) is 0 Å². The SMILES string of the molecule is CCCCCCCCCCCCCCCCCC[SiH3].F.F.F. The molecule has 0 N–H and O–H groups in total. The Hall–Kier alpha value is 0.00688. The molecule has 0 saturated heterocycles. The van der Waals surface area contributed by atoms with E-state index < -0.39 is 0 Å². The summed E-state index contributed by atoms with van der Waals surface area (Å²) in [7, 11) is 1.41. The molecule has 0 aliphatic carbocycles. The molecule has 0 bridgehead atoms. The molecule has 22 heavy (non-hydrogen) atoms. The van der Waals surface area contributed by atoms with Crippen molar-refractivity contribution in [2.75, 3.05) is 0 Å². The summed E-state index contributed by atoms with van der Waals surface area (Å²) in [5, 5.41) is 0. The predicted molar refractivity (Wildman–Crippen MR) is 102 cm³/mol. The molecular weight excluding hydrogens is 301 g/mol. The van der Waals surface area contributed by atoms with E-state index in [9.17, 15) is 0 Å². The Balaban J connectivity index is -0.000000540. The number of hydrogen-bond acceptors (Lipinski definition) is 0. The Morgan fingerprint density at radius 1 is 0.409 bits per heavy atom. The molecule has 0 aliphatic heterocycles.